The summed E-state index contributed by atoms with van der Waals surface area (Å²) in [6.07, 6.45) is 7.58. The summed E-state index contributed by atoms with van der Waals surface area (Å²) in [5.41, 5.74) is 4.15. The third kappa shape index (κ3) is 4.91. The molecular weight excluding hydrogens is 440 g/mol. The lowest BCUT2D eigenvalue weighted by atomic mass is 9.53. The lowest BCUT2D eigenvalue weighted by molar-refractivity contribution is -0.124. The van der Waals surface area contributed by atoms with Crippen LogP contribution < -0.4 is 10.6 Å². The van der Waals surface area contributed by atoms with Crippen LogP contribution in [0.2, 0.25) is 0 Å². The van der Waals surface area contributed by atoms with E-state index in [1.807, 2.05) is 31.2 Å². The van der Waals surface area contributed by atoms with Crippen molar-refractivity contribution in [1.82, 2.24) is 10.6 Å². The van der Waals surface area contributed by atoms with E-state index in [9.17, 15) is 9.59 Å². The van der Waals surface area contributed by atoms with Gasteiger partial charge in [-0.05, 0) is 100 Å². The number of nitrogens with one attached hydrogen (secondary N) is 2. The SMILES string of the molecule is Cc1ccc(C)c(C(C)NC(=O)c2ccccc2SCC(=O)NC23CC4CC(CC(C4)C2)C3)c1. The molecule has 0 heterocycles. The van der Waals surface area contributed by atoms with Crippen molar-refractivity contribution in [3.05, 3.63) is 64.7 Å². The van der Waals surface area contributed by atoms with Crippen molar-refractivity contribution in [2.24, 2.45) is 17.8 Å². The van der Waals surface area contributed by atoms with Gasteiger partial charge in [-0.2, -0.15) is 0 Å². The number of benzene rings is 2. The molecule has 6 rings (SSSR count). The Kier molecular flexibility index (Phi) is 6.49. The predicted molar refractivity (Wildman–Crippen MR) is 138 cm³/mol. The van der Waals surface area contributed by atoms with Crippen LogP contribution in [0.1, 0.15) is 78.5 Å². The van der Waals surface area contributed by atoms with Gasteiger partial charge in [-0.15, -0.1) is 11.8 Å². The van der Waals surface area contributed by atoms with Crippen LogP contribution in [-0.2, 0) is 4.79 Å². The highest BCUT2D eigenvalue weighted by Gasteiger charge is 2.51. The monoisotopic (exact) mass is 476 g/mol. The maximum absolute atomic E-state index is 13.2. The Bertz CT molecular complexity index is 1060. The standard InChI is InChI=1S/C29H36N2O2S/c1-18-8-9-19(2)25(10-18)20(3)30-28(33)24-6-4-5-7-26(24)34-17-27(32)31-29-14-21-11-22(15-29)13-23(12-21)16-29/h4-10,20-23H,11-17H2,1-3H3,(H,30,33)(H,31,32). The van der Waals surface area contributed by atoms with Gasteiger partial charge in [-0.25, -0.2) is 0 Å². The van der Waals surface area contributed by atoms with Crippen LogP contribution in [0.25, 0.3) is 0 Å². The van der Waals surface area contributed by atoms with Crippen LogP contribution in [0.15, 0.2) is 47.4 Å². The third-order valence-corrected chi connectivity index (χ3v) is 9.26. The zero-order valence-electron chi connectivity index (χ0n) is 20.5. The first-order chi connectivity index (χ1) is 16.3. The molecular formula is C29H36N2O2S. The third-order valence-electron chi connectivity index (χ3n) is 8.18. The molecule has 0 radical (unpaired) electrons. The van der Waals surface area contributed by atoms with E-state index in [1.54, 1.807) is 0 Å². The molecule has 4 bridgehead atoms. The van der Waals surface area contributed by atoms with E-state index in [1.165, 1.54) is 42.2 Å². The summed E-state index contributed by atoms with van der Waals surface area (Å²) in [5, 5.41) is 6.61. The van der Waals surface area contributed by atoms with Gasteiger partial charge in [-0.1, -0.05) is 35.9 Å². The molecule has 4 saturated carbocycles. The topological polar surface area (TPSA) is 58.2 Å². The molecule has 180 valence electrons. The lowest BCUT2D eigenvalue weighted by Crippen LogP contribution is -2.60. The van der Waals surface area contributed by atoms with Crippen molar-refractivity contribution in [2.45, 2.75) is 75.8 Å². The molecule has 1 unspecified atom stereocenters. The van der Waals surface area contributed by atoms with E-state index < -0.39 is 0 Å². The molecule has 2 aromatic rings. The summed E-state index contributed by atoms with van der Waals surface area (Å²) in [7, 11) is 0. The quantitative estimate of drug-likeness (QED) is 0.484. The molecule has 34 heavy (non-hydrogen) atoms. The van der Waals surface area contributed by atoms with Crippen LogP contribution in [-0.4, -0.2) is 23.1 Å². The minimum Gasteiger partial charge on any atom is -0.350 e. The second-order valence-electron chi connectivity index (χ2n) is 11.1. The largest absolute Gasteiger partial charge is 0.350 e. The number of hydrogen-bond acceptors (Lipinski definition) is 3. The Hall–Kier alpha value is -2.27. The second kappa shape index (κ2) is 9.41. The van der Waals surface area contributed by atoms with E-state index in [0.717, 1.165) is 47.5 Å². The van der Waals surface area contributed by atoms with Gasteiger partial charge in [0.2, 0.25) is 5.91 Å². The van der Waals surface area contributed by atoms with E-state index in [2.05, 4.69) is 42.7 Å². The number of hydrogen-bond donors (Lipinski definition) is 2. The highest BCUT2D eigenvalue weighted by atomic mass is 32.2. The highest BCUT2D eigenvalue weighted by molar-refractivity contribution is 8.00. The molecule has 2 amide bonds. The molecule has 0 spiro atoms. The second-order valence-corrected chi connectivity index (χ2v) is 12.1. The number of rotatable bonds is 7. The average molecular weight is 477 g/mol. The normalized spacial score (nSPS) is 27.9. The first-order valence-corrected chi connectivity index (χ1v) is 13.7. The first-order valence-electron chi connectivity index (χ1n) is 12.7. The molecule has 0 saturated heterocycles. The minimum atomic E-state index is -0.0991. The summed E-state index contributed by atoms with van der Waals surface area (Å²) in [5.74, 6) is 2.77. The molecule has 5 heteroatoms. The smallest absolute Gasteiger partial charge is 0.252 e. The number of aryl methyl sites for hydroxylation is 2. The summed E-state index contributed by atoms with van der Waals surface area (Å²) in [6, 6.07) is 13.8. The van der Waals surface area contributed by atoms with Crippen molar-refractivity contribution in [1.29, 1.82) is 0 Å². The molecule has 0 aromatic heterocycles. The summed E-state index contributed by atoms with van der Waals surface area (Å²) in [4.78, 5) is 27.0. The van der Waals surface area contributed by atoms with E-state index in [4.69, 9.17) is 0 Å². The average Bonchev–Trinajstić information content (AvgIpc) is 2.78. The number of amides is 2. The molecule has 1 atom stereocenters. The molecule has 0 aliphatic heterocycles. The van der Waals surface area contributed by atoms with Crippen molar-refractivity contribution < 1.29 is 9.59 Å². The van der Waals surface area contributed by atoms with Gasteiger partial charge >= 0.3 is 0 Å². The van der Waals surface area contributed by atoms with Gasteiger partial charge < -0.3 is 10.6 Å². The minimum absolute atomic E-state index is 0.0321. The highest BCUT2D eigenvalue weighted by Crippen LogP contribution is 2.55. The van der Waals surface area contributed by atoms with Gasteiger partial charge in [0.15, 0.2) is 0 Å². The van der Waals surface area contributed by atoms with E-state index >= 15 is 0 Å². The van der Waals surface area contributed by atoms with Crippen LogP contribution in [0.5, 0.6) is 0 Å². The maximum Gasteiger partial charge on any atom is 0.252 e. The van der Waals surface area contributed by atoms with Crippen LogP contribution in [0.3, 0.4) is 0 Å². The Labute approximate surface area is 207 Å². The molecule has 4 aliphatic rings. The van der Waals surface area contributed by atoms with Gasteiger partial charge in [0.1, 0.15) is 0 Å². The van der Waals surface area contributed by atoms with Gasteiger partial charge in [-0.3, -0.25) is 9.59 Å². The van der Waals surface area contributed by atoms with Gasteiger partial charge in [0.05, 0.1) is 17.4 Å². The summed E-state index contributed by atoms with van der Waals surface area (Å²) in [6.45, 7) is 6.16. The molecule has 4 aliphatic carbocycles. The molecule has 4 nitrogen and oxygen atoms in total. The van der Waals surface area contributed by atoms with Crippen molar-refractivity contribution in [3.63, 3.8) is 0 Å². The maximum atomic E-state index is 13.2. The Morgan fingerprint density at radius 2 is 1.65 bits per heavy atom. The fourth-order valence-electron chi connectivity index (χ4n) is 7.10. The van der Waals surface area contributed by atoms with Crippen LogP contribution in [0.4, 0.5) is 0 Å². The summed E-state index contributed by atoms with van der Waals surface area (Å²) >= 11 is 1.47. The fourth-order valence-corrected chi connectivity index (χ4v) is 7.95. The van der Waals surface area contributed by atoms with Crippen LogP contribution in [0, 0.1) is 31.6 Å². The molecule has 2 N–H and O–H groups in total. The number of thioether (sulfide) groups is 1. The summed E-state index contributed by atoms with van der Waals surface area (Å²) < 4.78 is 0. The number of carbonyl (C=O) groups excluding carboxylic acids is 2. The Morgan fingerprint density at radius 1 is 1.00 bits per heavy atom. The Balaban J connectivity index is 1.21. The lowest BCUT2D eigenvalue weighted by Gasteiger charge is -2.56. The van der Waals surface area contributed by atoms with Crippen LogP contribution >= 0.6 is 11.8 Å². The Morgan fingerprint density at radius 3 is 2.32 bits per heavy atom. The molecule has 4 fully saturated rings. The fraction of sp³-hybridized carbons (Fsp3) is 0.517. The van der Waals surface area contributed by atoms with Gasteiger partial charge in [0, 0.05) is 10.4 Å². The van der Waals surface area contributed by atoms with Crippen molar-refractivity contribution in [3.8, 4) is 0 Å². The van der Waals surface area contributed by atoms with E-state index in [0.29, 0.717) is 11.3 Å². The zero-order valence-corrected chi connectivity index (χ0v) is 21.3. The number of carbonyl (C=O) groups is 2. The molecule has 2 aromatic carbocycles. The predicted octanol–water partition coefficient (Wildman–Crippen LogP) is 5.97. The van der Waals surface area contributed by atoms with Crippen molar-refractivity contribution in [2.75, 3.05) is 5.75 Å². The van der Waals surface area contributed by atoms with E-state index in [-0.39, 0.29) is 23.4 Å². The zero-order chi connectivity index (χ0) is 23.9. The van der Waals surface area contributed by atoms with Crippen molar-refractivity contribution >= 4 is 23.6 Å². The first kappa shape index (κ1) is 23.5. The van der Waals surface area contributed by atoms with Gasteiger partial charge in [0.25, 0.3) is 5.91 Å².